The Hall–Kier alpha value is -0.0800. The Bertz CT molecular complexity index is 290. The Morgan fingerprint density at radius 1 is 1.15 bits per heavy atom. The first kappa shape index (κ1) is 16.3. The van der Waals surface area contributed by atoms with Gasteiger partial charge in [-0.15, -0.1) is 0 Å². The molecule has 0 amide bonds. The summed E-state index contributed by atoms with van der Waals surface area (Å²) in [5.74, 6) is 1.91. The molecule has 1 aliphatic carbocycles. The largest absolute Gasteiger partial charge is 0.312 e. The Labute approximate surface area is 126 Å². The highest BCUT2D eigenvalue weighted by molar-refractivity contribution is 4.93. The monoisotopic (exact) mass is 280 g/mol. The van der Waals surface area contributed by atoms with Gasteiger partial charge in [-0.1, -0.05) is 41.0 Å². The van der Waals surface area contributed by atoms with Crippen LogP contribution in [0.15, 0.2) is 0 Å². The van der Waals surface area contributed by atoms with Crippen LogP contribution in [-0.4, -0.2) is 36.6 Å². The molecule has 118 valence electrons. The number of nitrogens with one attached hydrogen (secondary N) is 1. The van der Waals surface area contributed by atoms with Gasteiger partial charge in [-0.2, -0.15) is 0 Å². The number of hydrogen-bond acceptors (Lipinski definition) is 2. The third-order valence-electron chi connectivity index (χ3n) is 5.12. The van der Waals surface area contributed by atoms with Crippen molar-refractivity contribution in [1.82, 2.24) is 10.2 Å². The third-order valence-corrected chi connectivity index (χ3v) is 5.12. The lowest BCUT2D eigenvalue weighted by Crippen LogP contribution is -2.54. The summed E-state index contributed by atoms with van der Waals surface area (Å²) in [5.41, 5.74) is 0.393. The van der Waals surface area contributed by atoms with Crippen LogP contribution in [0.1, 0.15) is 66.7 Å². The van der Waals surface area contributed by atoms with Gasteiger partial charge in [0.25, 0.3) is 0 Å². The Balaban J connectivity index is 1.92. The van der Waals surface area contributed by atoms with E-state index >= 15 is 0 Å². The highest BCUT2D eigenvalue weighted by Crippen LogP contribution is 2.38. The van der Waals surface area contributed by atoms with Gasteiger partial charge in [0.05, 0.1) is 0 Å². The highest BCUT2D eigenvalue weighted by Gasteiger charge is 2.37. The molecule has 0 aromatic carbocycles. The van der Waals surface area contributed by atoms with Crippen molar-refractivity contribution in [3.05, 3.63) is 0 Å². The van der Waals surface area contributed by atoms with Crippen LogP contribution in [0.4, 0.5) is 0 Å². The summed E-state index contributed by atoms with van der Waals surface area (Å²) in [6.07, 6.45) is 7.01. The molecule has 1 saturated carbocycles. The minimum atomic E-state index is 0.393. The number of nitrogens with zero attached hydrogens (tertiary/aromatic N) is 1. The molecule has 0 spiro atoms. The van der Waals surface area contributed by atoms with E-state index in [-0.39, 0.29) is 0 Å². The summed E-state index contributed by atoms with van der Waals surface area (Å²) in [6.45, 7) is 15.5. The summed E-state index contributed by atoms with van der Waals surface area (Å²) < 4.78 is 0. The third kappa shape index (κ3) is 4.73. The molecule has 1 heterocycles. The second kappa shape index (κ2) is 6.79. The summed E-state index contributed by atoms with van der Waals surface area (Å²) in [6, 6.07) is 1.57. The maximum atomic E-state index is 3.85. The maximum Gasteiger partial charge on any atom is 0.0198 e. The van der Waals surface area contributed by atoms with E-state index in [0.29, 0.717) is 11.5 Å². The van der Waals surface area contributed by atoms with Gasteiger partial charge in [0.15, 0.2) is 0 Å². The lowest BCUT2D eigenvalue weighted by molar-refractivity contribution is 0.0796. The van der Waals surface area contributed by atoms with Crippen molar-refractivity contribution >= 4 is 0 Å². The van der Waals surface area contributed by atoms with E-state index < -0.39 is 0 Å². The molecule has 2 nitrogen and oxygen atoms in total. The number of hydrogen-bond donors (Lipinski definition) is 1. The summed E-state index contributed by atoms with van der Waals surface area (Å²) in [7, 11) is 0. The molecule has 3 atom stereocenters. The van der Waals surface area contributed by atoms with Crippen molar-refractivity contribution in [2.24, 2.45) is 17.3 Å². The molecular formula is C18H36N2. The fourth-order valence-electron chi connectivity index (χ4n) is 3.78. The minimum Gasteiger partial charge on any atom is -0.312 e. The van der Waals surface area contributed by atoms with Gasteiger partial charge in [-0.05, 0) is 42.9 Å². The van der Waals surface area contributed by atoms with E-state index in [1.165, 1.54) is 45.2 Å². The number of piperidine rings is 1. The molecule has 3 unspecified atom stereocenters. The zero-order valence-electron chi connectivity index (χ0n) is 14.4. The SMILES string of the molecule is CCC1CC(NCC(C)(C)C)CN(C(CC)C2CC2)C1. The zero-order valence-corrected chi connectivity index (χ0v) is 14.4. The predicted molar refractivity (Wildman–Crippen MR) is 88.0 cm³/mol. The van der Waals surface area contributed by atoms with E-state index in [2.05, 4.69) is 44.8 Å². The van der Waals surface area contributed by atoms with E-state index in [0.717, 1.165) is 24.4 Å². The average molecular weight is 281 g/mol. The molecule has 2 heteroatoms. The van der Waals surface area contributed by atoms with E-state index in [4.69, 9.17) is 0 Å². The highest BCUT2D eigenvalue weighted by atomic mass is 15.2. The lowest BCUT2D eigenvalue weighted by atomic mass is 9.89. The van der Waals surface area contributed by atoms with Crippen molar-refractivity contribution in [3.63, 3.8) is 0 Å². The van der Waals surface area contributed by atoms with Crippen LogP contribution in [0.5, 0.6) is 0 Å². The predicted octanol–water partition coefficient (Wildman–Crippen LogP) is 3.91. The molecule has 0 aromatic heterocycles. The van der Waals surface area contributed by atoms with Crippen LogP contribution in [0.2, 0.25) is 0 Å². The molecule has 1 aliphatic heterocycles. The Kier molecular flexibility index (Phi) is 5.53. The topological polar surface area (TPSA) is 15.3 Å². The molecule has 2 fully saturated rings. The maximum absolute atomic E-state index is 3.85. The molecular weight excluding hydrogens is 244 g/mol. The van der Waals surface area contributed by atoms with Crippen molar-refractivity contribution < 1.29 is 0 Å². The Morgan fingerprint density at radius 2 is 1.85 bits per heavy atom. The molecule has 0 radical (unpaired) electrons. The van der Waals surface area contributed by atoms with Gasteiger partial charge >= 0.3 is 0 Å². The first-order valence-electron chi connectivity index (χ1n) is 8.90. The smallest absolute Gasteiger partial charge is 0.0198 e. The van der Waals surface area contributed by atoms with Crippen molar-refractivity contribution in [2.45, 2.75) is 78.8 Å². The second-order valence-electron chi connectivity index (χ2n) is 8.42. The first-order chi connectivity index (χ1) is 9.43. The van der Waals surface area contributed by atoms with Gasteiger partial charge in [-0.25, -0.2) is 0 Å². The van der Waals surface area contributed by atoms with Gasteiger partial charge in [0.2, 0.25) is 0 Å². The fraction of sp³-hybridized carbons (Fsp3) is 1.00. The van der Waals surface area contributed by atoms with Crippen LogP contribution in [0.25, 0.3) is 0 Å². The van der Waals surface area contributed by atoms with Crippen LogP contribution >= 0.6 is 0 Å². The lowest BCUT2D eigenvalue weighted by Gasteiger charge is -2.43. The molecule has 20 heavy (non-hydrogen) atoms. The second-order valence-corrected chi connectivity index (χ2v) is 8.42. The van der Waals surface area contributed by atoms with E-state index in [9.17, 15) is 0 Å². The molecule has 2 rings (SSSR count). The molecule has 0 bridgehead atoms. The average Bonchev–Trinajstić information content (AvgIpc) is 3.21. The van der Waals surface area contributed by atoms with Gasteiger partial charge in [0, 0.05) is 31.7 Å². The molecule has 0 aromatic rings. The number of rotatable bonds is 6. The van der Waals surface area contributed by atoms with Crippen molar-refractivity contribution in [3.8, 4) is 0 Å². The van der Waals surface area contributed by atoms with Gasteiger partial charge in [-0.3, -0.25) is 4.90 Å². The van der Waals surface area contributed by atoms with Crippen LogP contribution in [0, 0.1) is 17.3 Å². The van der Waals surface area contributed by atoms with Crippen LogP contribution < -0.4 is 5.32 Å². The Morgan fingerprint density at radius 3 is 2.35 bits per heavy atom. The minimum absolute atomic E-state index is 0.393. The molecule has 2 aliphatic rings. The fourth-order valence-corrected chi connectivity index (χ4v) is 3.78. The number of likely N-dealkylation sites (tertiary alicyclic amines) is 1. The molecule has 1 saturated heterocycles. The standard InChI is InChI=1S/C18H36N2/c1-6-14-10-16(19-13-18(3,4)5)12-20(11-14)17(7-2)15-8-9-15/h14-17,19H,6-13H2,1-5H3. The normalized spacial score (nSPS) is 30.4. The zero-order chi connectivity index (χ0) is 14.8. The first-order valence-corrected chi connectivity index (χ1v) is 8.90. The quantitative estimate of drug-likeness (QED) is 0.793. The van der Waals surface area contributed by atoms with E-state index in [1.807, 2.05) is 0 Å². The summed E-state index contributed by atoms with van der Waals surface area (Å²) >= 11 is 0. The van der Waals surface area contributed by atoms with E-state index in [1.54, 1.807) is 0 Å². The summed E-state index contributed by atoms with van der Waals surface area (Å²) in [4.78, 5) is 2.83. The summed E-state index contributed by atoms with van der Waals surface area (Å²) in [5, 5.41) is 3.85. The van der Waals surface area contributed by atoms with Gasteiger partial charge < -0.3 is 5.32 Å². The van der Waals surface area contributed by atoms with Crippen molar-refractivity contribution in [1.29, 1.82) is 0 Å². The van der Waals surface area contributed by atoms with Crippen molar-refractivity contribution in [2.75, 3.05) is 19.6 Å². The van der Waals surface area contributed by atoms with Gasteiger partial charge in [0.1, 0.15) is 0 Å². The van der Waals surface area contributed by atoms with Crippen LogP contribution in [-0.2, 0) is 0 Å². The molecule has 1 N–H and O–H groups in total. The van der Waals surface area contributed by atoms with Crippen LogP contribution in [0.3, 0.4) is 0 Å².